The second-order valence-corrected chi connectivity index (χ2v) is 6.47. The van der Waals surface area contributed by atoms with Crippen LogP contribution in [0.2, 0.25) is 0 Å². The van der Waals surface area contributed by atoms with Crippen LogP contribution in [0.25, 0.3) is 0 Å². The van der Waals surface area contributed by atoms with Crippen molar-refractivity contribution in [2.45, 2.75) is 52.0 Å². The normalized spacial score (nSPS) is 26.4. The van der Waals surface area contributed by atoms with E-state index in [1.165, 1.54) is 38.9 Å². The summed E-state index contributed by atoms with van der Waals surface area (Å²) in [6.07, 6.45) is 5.36. The Hall–Kier alpha value is -0.610. The Bertz CT molecular complexity index is 303. The minimum Gasteiger partial charge on any atom is -0.481 e. The van der Waals surface area contributed by atoms with Crippen LogP contribution in [0.15, 0.2) is 0 Å². The second kappa shape index (κ2) is 6.23. The molecule has 0 saturated carbocycles. The first kappa shape index (κ1) is 14.8. The van der Waals surface area contributed by atoms with Crippen LogP contribution in [0.4, 0.5) is 0 Å². The van der Waals surface area contributed by atoms with Crippen molar-refractivity contribution in [3.63, 3.8) is 0 Å². The van der Waals surface area contributed by atoms with E-state index in [4.69, 9.17) is 0 Å². The molecule has 2 heterocycles. The van der Waals surface area contributed by atoms with Crippen LogP contribution in [0, 0.1) is 5.41 Å². The van der Waals surface area contributed by atoms with Gasteiger partial charge in [0.1, 0.15) is 0 Å². The van der Waals surface area contributed by atoms with Crippen molar-refractivity contribution in [2.75, 3.05) is 32.7 Å². The molecule has 0 spiro atoms. The molecule has 110 valence electrons. The number of carbonyl (C=O) groups is 1. The molecule has 0 unspecified atom stereocenters. The zero-order valence-corrected chi connectivity index (χ0v) is 12.4. The number of piperidine rings is 2. The van der Waals surface area contributed by atoms with Crippen LogP contribution in [0.3, 0.4) is 0 Å². The van der Waals surface area contributed by atoms with E-state index in [-0.39, 0.29) is 0 Å². The third-order valence-corrected chi connectivity index (χ3v) is 5.03. The molecule has 4 heteroatoms. The summed E-state index contributed by atoms with van der Waals surface area (Å²) in [4.78, 5) is 16.3. The number of aliphatic carboxylic acids is 1. The molecule has 2 rings (SSSR count). The summed E-state index contributed by atoms with van der Waals surface area (Å²) in [7, 11) is 0. The lowest BCUT2D eigenvalue weighted by atomic mass is 9.80. The maximum Gasteiger partial charge on any atom is 0.309 e. The van der Waals surface area contributed by atoms with E-state index in [0.717, 1.165) is 25.9 Å². The Morgan fingerprint density at radius 3 is 2.26 bits per heavy atom. The van der Waals surface area contributed by atoms with Crippen molar-refractivity contribution >= 4 is 5.97 Å². The second-order valence-electron chi connectivity index (χ2n) is 6.47. The van der Waals surface area contributed by atoms with Crippen LogP contribution in [0.1, 0.15) is 46.0 Å². The van der Waals surface area contributed by atoms with Crippen molar-refractivity contribution in [1.29, 1.82) is 0 Å². The SMILES string of the molecule is CCCN1CCC(N2CCC(C)(C(=O)O)CC2)CC1. The highest BCUT2D eigenvalue weighted by Gasteiger charge is 2.38. The lowest BCUT2D eigenvalue weighted by molar-refractivity contribution is -0.151. The Kier molecular flexibility index (Phi) is 4.85. The van der Waals surface area contributed by atoms with E-state index in [2.05, 4.69) is 16.7 Å². The van der Waals surface area contributed by atoms with Crippen LogP contribution >= 0.6 is 0 Å². The first-order valence-electron chi connectivity index (χ1n) is 7.75. The number of carboxylic acid groups (broad SMARTS) is 1. The van der Waals surface area contributed by atoms with Crippen molar-refractivity contribution in [1.82, 2.24) is 9.80 Å². The first-order valence-corrected chi connectivity index (χ1v) is 7.75. The molecule has 0 aliphatic carbocycles. The highest BCUT2D eigenvalue weighted by atomic mass is 16.4. The van der Waals surface area contributed by atoms with E-state index in [0.29, 0.717) is 6.04 Å². The minimum atomic E-state index is -0.620. The number of carboxylic acids is 1. The van der Waals surface area contributed by atoms with Gasteiger partial charge in [-0.05, 0) is 71.8 Å². The Morgan fingerprint density at radius 2 is 1.79 bits per heavy atom. The molecule has 2 aliphatic heterocycles. The van der Waals surface area contributed by atoms with Gasteiger partial charge in [-0.3, -0.25) is 4.79 Å². The van der Waals surface area contributed by atoms with Gasteiger partial charge in [0.25, 0.3) is 0 Å². The fourth-order valence-electron chi connectivity index (χ4n) is 3.42. The van der Waals surface area contributed by atoms with Crippen LogP contribution in [0.5, 0.6) is 0 Å². The zero-order chi connectivity index (χ0) is 13.9. The van der Waals surface area contributed by atoms with E-state index in [9.17, 15) is 9.90 Å². The van der Waals surface area contributed by atoms with Crippen LogP contribution in [-0.2, 0) is 4.79 Å². The number of hydrogen-bond donors (Lipinski definition) is 1. The van der Waals surface area contributed by atoms with Crippen molar-refractivity contribution in [2.24, 2.45) is 5.41 Å². The highest BCUT2D eigenvalue weighted by Crippen LogP contribution is 2.33. The van der Waals surface area contributed by atoms with E-state index in [1.54, 1.807) is 0 Å². The van der Waals surface area contributed by atoms with E-state index < -0.39 is 11.4 Å². The van der Waals surface area contributed by atoms with Gasteiger partial charge in [-0.25, -0.2) is 0 Å². The Morgan fingerprint density at radius 1 is 1.21 bits per heavy atom. The predicted molar refractivity (Wildman–Crippen MR) is 76.3 cm³/mol. The maximum atomic E-state index is 11.2. The lowest BCUT2D eigenvalue weighted by Gasteiger charge is -2.43. The molecule has 2 fully saturated rings. The predicted octanol–water partition coefficient (Wildman–Crippen LogP) is 2.05. The molecule has 2 aliphatic rings. The molecule has 0 aromatic rings. The maximum absolute atomic E-state index is 11.2. The molecule has 0 amide bonds. The van der Waals surface area contributed by atoms with Crippen molar-refractivity contribution < 1.29 is 9.90 Å². The number of nitrogens with zero attached hydrogens (tertiary/aromatic N) is 2. The molecule has 2 saturated heterocycles. The molecule has 0 atom stereocenters. The Balaban J connectivity index is 1.78. The van der Waals surface area contributed by atoms with Crippen LogP contribution < -0.4 is 0 Å². The van der Waals surface area contributed by atoms with Gasteiger partial charge >= 0.3 is 5.97 Å². The topological polar surface area (TPSA) is 43.8 Å². The van der Waals surface area contributed by atoms with Gasteiger partial charge in [-0.15, -0.1) is 0 Å². The molecule has 0 radical (unpaired) electrons. The quantitative estimate of drug-likeness (QED) is 0.847. The molecular weight excluding hydrogens is 240 g/mol. The van der Waals surface area contributed by atoms with Crippen molar-refractivity contribution in [3.05, 3.63) is 0 Å². The summed E-state index contributed by atoms with van der Waals surface area (Å²) < 4.78 is 0. The van der Waals surface area contributed by atoms with E-state index in [1.807, 2.05) is 6.92 Å². The van der Waals surface area contributed by atoms with Gasteiger partial charge in [0, 0.05) is 6.04 Å². The third kappa shape index (κ3) is 3.48. The average molecular weight is 268 g/mol. The monoisotopic (exact) mass is 268 g/mol. The van der Waals surface area contributed by atoms with Gasteiger partial charge in [0.2, 0.25) is 0 Å². The summed E-state index contributed by atoms with van der Waals surface area (Å²) in [5, 5.41) is 9.26. The van der Waals surface area contributed by atoms with Gasteiger partial charge in [0.15, 0.2) is 0 Å². The molecule has 0 aromatic carbocycles. The van der Waals surface area contributed by atoms with Crippen LogP contribution in [-0.4, -0.2) is 59.6 Å². The van der Waals surface area contributed by atoms with Crippen molar-refractivity contribution in [3.8, 4) is 0 Å². The summed E-state index contributed by atoms with van der Waals surface area (Å²) >= 11 is 0. The zero-order valence-electron chi connectivity index (χ0n) is 12.4. The third-order valence-electron chi connectivity index (χ3n) is 5.03. The summed E-state index contributed by atoms with van der Waals surface area (Å²) in [6.45, 7) is 9.71. The van der Waals surface area contributed by atoms with Gasteiger partial charge < -0.3 is 14.9 Å². The van der Waals surface area contributed by atoms with Gasteiger partial charge in [0.05, 0.1) is 5.41 Å². The standard InChI is InChI=1S/C15H28N2O2/c1-3-8-16-9-4-13(5-10-16)17-11-6-15(2,7-12-17)14(18)19/h13H,3-12H2,1-2H3,(H,18,19). The summed E-state index contributed by atoms with van der Waals surface area (Å²) in [5.41, 5.74) is -0.487. The van der Waals surface area contributed by atoms with E-state index >= 15 is 0 Å². The summed E-state index contributed by atoms with van der Waals surface area (Å²) in [5.74, 6) is -0.620. The number of rotatable bonds is 4. The molecule has 4 nitrogen and oxygen atoms in total. The fraction of sp³-hybridized carbons (Fsp3) is 0.933. The lowest BCUT2D eigenvalue weighted by Crippen LogP contribution is -2.50. The Labute approximate surface area is 116 Å². The highest BCUT2D eigenvalue weighted by molar-refractivity contribution is 5.74. The summed E-state index contributed by atoms with van der Waals surface area (Å²) in [6, 6.07) is 0.687. The van der Waals surface area contributed by atoms with Gasteiger partial charge in [-0.1, -0.05) is 6.92 Å². The average Bonchev–Trinajstić information content (AvgIpc) is 2.41. The molecule has 0 aromatic heterocycles. The molecule has 1 N–H and O–H groups in total. The number of hydrogen-bond acceptors (Lipinski definition) is 3. The molecule has 19 heavy (non-hydrogen) atoms. The molecule has 0 bridgehead atoms. The largest absolute Gasteiger partial charge is 0.481 e. The first-order chi connectivity index (χ1) is 9.05. The fourth-order valence-corrected chi connectivity index (χ4v) is 3.42. The minimum absolute atomic E-state index is 0.487. The molecular formula is C15H28N2O2. The van der Waals surface area contributed by atoms with Gasteiger partial charge in [-0.2, -0.15) is 0 Å². The smallest absolute Gasteiger partial charge is 0.309 e. The number of likely N-dealkylation sites (tertiary alicyclic amines) is 2.